The highest BCUT2D eigenvalue weighted by atomic mass is 16.5. The first-order valence-electron chi connectivity index (χ1n) is 7.94. The van der Waals surface area contributed by atoms with Crippen LogP contribution in [-0.2, 0) is 4.79 Å². The molecule has 1 atom stereocenters. The molecule has 3 rings (SSSR count). The lowest BCUT2D eigenvalue weighted by molar-refractivity contribution is -0.122. The van der Waals surface area contributed by atoms with Crippen LogP contribution in [0.5, 0.6) is 5.75 Å². The Morgan fingerprint density at radius 3 is 2.57 bits per heavy atom. The monoisotopic (exact) mass is 310 g/mol. The first kappa shape index (κ1) is 15.4. The Bertz CT molecular complexity index is 681. The maximum Gasteiger partial charge on any atom is 0.247 e. The molecule has 2 aromatic carbocycles. The first-order chi connectivity index (χ1) is 11.2. The zero-order valence-corrected chi connectivity index (χ0v) is 13.5. The van der Waals surface area contributed by atoms with Gasteiger partial charge in [0, 0.05) is 6.04 Å². The average Bonchev–Trinajstić information content (AvgIpc) is 3.37. The topological polar surface area (TPSA) is 50.4 Å². The molecule has 1 aliphatic carbocycles. The van der Waals surface area contributed by atoms with E-state index in [-0.39, 0.29) is 5.91 Å². The highest BCUT2D eigenvalue weighted by Gasteiger charge is 2.28. The van der Waals surface area contributed by atoms with E-state index in [1.165, 1.54) is 0 Å². The van der Waals surface area contributed by atoms with Crippen molar-refractivity contribution in [3.63, 3.8) is 0 Å². The Balaban J connectivity index is 1.89. The van der Waals surface area contributed by atoms with E-state index < -0.39 is 6.04 Å². The second-order valence-corrected chi connectivity index (χ2v) is 5.97. The Hall–Kier alpha value is -2.49. The minimum Gasteiger partial charge on any atom is -0.495 e. The smallest absolute Gasteiger partial charge is 0.247 e. The van der Waals surface area contributed by atoms with E-state index in [1.54, 1.807) is 7.11 Å². The molecule has 1 unspecified atom stereocenters. The van der Waals surface area contributed by atoms with Crippen molar-refractivity contribution in [2.24, 2.45) is 0 Å². The normalized spacial score (nSPS) is 14.9. The molecule has 0 aromatic heterocycles. The Morgan fingerprint density at radius 1 is 1.17 bits per heavy atom. The van der Waals surface area contributed by atoms with Crippen LogP contribution < -0.4 is 15.4 Å². The number of nitrogens with one attached hydrogen (secondary N) is 2. The third-order valence-corrected chi connectivity index (χ3v) is 3.97. The molecule has 0 heterocycles. The van der Waals surface area contributed by atoms with Crippen LogP contribution in [0.15, 0.2) is 48.5 Å². The summed E-state index contributed by atoms with van der Waals surface area (Å²) in [5.74, 6) is 0.734. The number of hydrogen-bond donors (Lipinski definition) is 2. The van der Waals surface area contributed by atoms with Crippen molar-refractivity contribution in [3.8, 4) is 5.75 Å². The maximum atomic E-state index is 12.7. The Morgan fingerprint density at radius 2 is 1.91 bits per heavy atom. The average molecular weight is 310 g/mol. The third kappa shape index (κ3) is 3.83. The van der Waals surface area contributed by atoms with E-state index in [9.17, 15) is 4.79 Å². The lowest BCUT2D eigenvalue weighted by atomic mass is 10.0. The summed E-state index contributed by atoms with van der Waals surface area (Å²) >= 11 is 0. The summed E-state index contributed by atoms with van der Waals surface area (Å²) in [5, 5.41) is 6.43. The number of aryl methyl sites for hydroxylation is 1. The summed E-state index contributed by atoms with van der Waals surface area (Å²) in [5.41, 5.74) is 2.88. The maximum absolute atomic E-state index is 12.7. The number of carbonyl (C=O) groups is 1. The SMILES string of the molecule is COc1ccc(C)cc1NC(C(=O)NC1CC1)c1ccccc1. The lowest BCUT2D eigenvalue weighted by Gasteiger charge is -2.21. The van der Waals surface area contributed by atoms with Crippen molar-refractivity contribution >= 4 is 11.6 Å². The van der Waals surface area contributed by atoms with Crippen LogP contribution in [0.3, 0.4) is 0 Å². The summed E-state index contributed by atoms with van der Waals surface area (Å²) in [6.45, 7) is 2.02. The summed E-state index contributed by atoms with van der Waals surface area (Å²) in [4.78, 5) is 12.7. The largest absolute Gasteiger partial charge is 0.495 e. The zero-order valence-electron chi connectivity index (χ0n) is 13.5. The van der Waals surface area contributed by atoms with E-state index in [0.717, 1.165) is 35.4 Å². The molecular weight excluding hydrogens is 288 g/mol. The van der Waals surface area contributed by atoms with Gasteiger partial charge in [0.15, 0.2) is 0 Å². The van der Waals surface area contributed by atoms with E-state index in [1.807, 2.05) is 55.5 Å². The number of carbonyl (C=O) groups excluding carboxylic acids is 1. The predicted molar refractivity (Wildman–Crippen MR) is 91.7 cm³/mol. The van der Waals surface area contributed by atoms with Crippen LogP contribution in [-0.4, -0.2) is 19.1 Å². The highest BCUT2D eigenvalue weighted by Crippen LogP contribution is 2.30. The van der Waals surface area contributed by atoms with E-state index in [4.69, 9.17) is 4.74 Å². The number of benzene rings is 2. The highest BCUT2D eigenvalue weighted by molar-refractivity contribution is 5.87. The number of ether oxygens (including phenoxy) is 1. The van der Waals surface area contributed by atoms with Crippen molar-refractivity contribution < 1.29 is 9.53 Å². The van der Waals surface area contributed by atoms with Gasteiger partial charge in [0.1, 0.15) is 11.8 Å². The molecule has 23 heavy (non-hydrogen) atoms. The molecule has 1 amide bonds. The van der Waals surface area contributed by atoms with Crippen molar-refractivity contribution in [3.05, 3.63) is 59.7 Å². The van der Waals surface area contributed by atoms with Crippen molar-refractivity contribution in [1.29, 1.82) is 0 Å². The van der Waals surface area contributed by atoms with Crippen molar-refractivity contribution in [2.75, 3.05) is 12.4 Å². The fourth-order valence-corrected chi connectivity index (χ4v) is 2.55. The van der Waals surface area contributed by atoms with Gasteiger partial charge in [-0.2, -0.15) is 0 Å². The molecule has 1 aliphatic rings. The van der Waals surface area contributed by atoms with Gasteiger partial charge in [0.2, 0.25) is 5.91 Å². The van der Waals surface area contributed by atoms with Gasteiger partial charge in [-0.3, -0.25) is 4.79 Å². The lowest BCUT2D eigenvalue weighted by Crippen LogP contribution is -2.34. The van der Waals surface area contributed by atoms with Gasteiger partial charge in [-0.25, -0.2) is 0 Å². The molecule has 2 aromatic rings. The van der Waals surface area contributed by atoms with Gasteiger partial charge in [-0.15, -0.1) is 0 Å². The van der Waals surface area contributed by atoms with E-state index in [2.05, 4.69) is 10.6 Å². The van der Waals surface area contributed by atoms with Crippen molar-refractivity contribution in [2.45, 2.75) is 31.8 Å². The van der Waals surface area contributed by atoms with Crippen LogP contribution in [0.25, 0.3) is 0 Å². The molecule has 0 saturated heterocycles. The Kier molecular flexibility index (Phi) is 4.51. The van der Waals surface area contributed by atoms with Crippen molar-refractivity contribution in [1.82, 2.24) is 5.32 Å². The number of rotatable bonds is 6. The molecule has 0 radical (unpaired) electrons. The quantitative estimate of drug-likeness (QED) is 0.859. The van der Waals surface area contributed by atoms with Gasteiger partial charge >= 0.3 is 0 Å². The van der Waals surface area contributed by atoms with Gasteiger partial charge < -0.3 is 15.4 Å². The fourth-order valence-electron chi connectivity index (χ4n) is 2.55. The van der Waals surface area contributed by atoms with Gasteiger partial charge in [0.05, 0.1) is 12.8 Å². The number of amides is 1. The fraction of sp³-hybridized carbons (Fsp3) is 0.316. The number of anilines is 1. The number of hydrogen-bond acceptors (Lipinski definition) is 3. The zero-order chi connectivity index (χ0) is 16.2. The predicted octanol–water partition coefficient (Wildman–Crippen LogP) is 3.44. The third-order valence-electron chi connectivity index (χ3n) is 3.97. The molecule has 4 nitrogen and oxygen atoms in total. The summed E-state index contributed by atoms with van der Waals surface area (Å²) in [6, 6.07) is 15.6. The molecule has 0 bridgehead atoms. The van der Waals surface area contributed by atoms with Crippen LogP contribution >= 0.6 is 0 Å². The minimum atomic E-state index is -0.438. The van der Waals surface area contributed by atoms with Crippen LogP contribution in [0.1, 0.15) is 30.0 Å². The van der Waals surface area contributed by atoms with Crippen LogP contribution in [0, 0.1) is 6.92 Å². The molecule has 4 heteroatoms. The summed E-state index contributed by atoms with van der Waals surface area (Å²) in [6.07, 6.45) is 2.14. The van der Waals surface area contributed by atoms with Gasteiger partial charge in [-0.05, 0) is 43.0 Å². The molecule has 0 aliphatic heterocycles. The first-order valence-corrected chi connectivity index (χ1v) is 7.94. The molecule has 1 fully saturated rings. The number of methoxy groups -OCH3 is 1. The summed E-state index contributed by atoms with van der Waals surface area (Å²) < 4.78 is 5.42. The van der Waals surface area contributed by atoms with E-state index in [0.29, 0.717) is 6.04 Å². The second kappa shape index (κ2) is 6.73. The van der Waals surface area contributed by atoms with Crippen LogP contribution in [0.4, 0.5) is 5.69 Å². The molecule has 0 spiro atoms. The van der Waals surface area contributed by atoms with Gasteiger partial charge in [-0.1, -0.05) is 36.4 Å². The van der Waals surface area contributed by atoms with Gasteiger partial charge in [0.25, 0.3) is 0 Å². The molecule has 120 valence electrons. The van der Waals surface area contributed by atoms with Crippen LogP contribution in [0.2, 0.25) is 0 Å². The molecular formula is C19H22N2O2. The minimum absolute atomic E-state index is 0.00209. The molecule has 1 saturated carbocycles. The second-order valence-electron chi connectivity index (χ2n) is 5.97. The molecule has 2 N–H and O–H groups in total. The summed E-state index contributed by atoms with van der Waals surface area (Å²) in [7, 11) is 1.64. The van der Waals surface area contributed by atoms with E-state index >= 15 is 0 Å². The standard InChI is InChI=1S/C19H22N2O2/c1-13-8-11-17(23-2)16(12-13)21-18(14-6-4-3-5-7-14)19(22)20-15-9-10-15/h3-8,11-12,15,18,21H,9-10H2,1-2H3,(H,20,22). The Labute approximate surface area is 136 Å².